The van der Waals surface area contributed by atoms with Gasteiger partial charge in [-0.25, -0.2) is 0 Å². The lowest BCUT2D eigenvalue weighted by Crippen LogP contribution is -2.25. The van der Waals surface area contributed by atoms with E-state index in [-0.39, 0.29) is 18.1 Å². The monoisotopic (exact) mass is 380 g/mol. The molecule has 0 aliphatic heterocycles. The van der Waals surface area contributed by atoms with Gasteiger partial charge < -0.3 is 14.6 Å². The van der Waals surface area contributed by atoms with Crippen LogP contribution >= 0.6 is 0 Å². The van der Waals surface area contributed by atoms with Crippen LogP contribution in [-0.4, -0.2) is 40.3 Å². The molecule has 1 atom stereocenters. The van der Waals surface area contributed by atoms with Gasteiger partial charge in [0.1, 0.15) is 5.69 Å². The number of rotatable bonds is 5. The van der Waals surface area contributed by atoms with Crippen LogP contribution in [0.4, 0.5) is 5.69 Å². The molecular formula is C22H28N4O2. The third-order valence-electron chi connectivity index (χ3n) is 5.49. The van der Waals surface area contributed by atoms with Gasteiger partial charge in [0, 0.05) is 47.7 Å². The van der Waals surface area contributed by atoms with Crippen molar-refractivity contribution < 1.29 is 9.53 Å². The maximum Gasteiger partial charge on any atom is 0.226 e. The average molecular weight is 380 g/mol. The second-order valence-electron chi connectivity index (χ2n) is 7.84. The summed E-state index contributed by atoms with van der Waals surface area (Å²) in [6.07, 6.45) is 3.84. The molecule has 1 unspecified atom stereocenters. The van der Waals surface area contributed by atoms with Gasteiger partial charge in [-0.2, -0.15) is 5.10 Å². The average Bonchev–Trinajstić information content (AvgIpc) is 3.28. The smallest absolute Gasteiger partial charge is 0.226 e. The van der Waals surface area contributed by atoms with Crippen LogP contribution in [0.5, 0.6) is 0 Å². The van der Waals surface area contributed by atoms with E-state index in [9.17, 15) is 4.79 Å². The fraction of sp³-hybridized carbons (Fsp3) is 0.455. The number of hydrogen-bond acceptors (Lipinski definition) is 3. The standard InChI is InChI=1S/C22H28N4O2/c1-5-21(27)26(4)15-7-6-14-10-20(23-19(14)11-15)22-17-12-16(28-13(2)3)8-9-18(17)24-25-22/h6-7,10-11,13,16,23H,5,8-9,12H2,1-4H3,(H,24,25). The van der Waals surface area contributed by atoms with Gasteiger partial charge in [0.25, 0.3) is 0 Å². The summed E-state index contributed by atoms with van der Waals surface area (Å²) in [5.41, 5.74) is 6.34. The van der Waals surface area contributed by atoms with Crippen molar-refractivity contribution in [3.63, 3.8) is 0 Å². The summed E-state index contributed by atoms with van der Waals surface area (Å²) in [6, 6.07) is 8.19. The number of aromatic nitrogens is 3. The first kappa shape index (κ1) is 18.7. The minimum absolute atomic E-state index is 0.101. The molecule has 3 aromatic rings. The molecule has 1 aliphatic carbocycles. The van der Waals surface area contributed by atoms with E-state index in [1.54, 1.807) is 4.90 Å². The van der Waals surface area contributed by atoms with E-state index in [0.29, 0.717) is 6.42 Å². The van der Waals surface area contributed by atoms with Crippen molar-refractivity contribution in [3.8, 4) is 11.4 Å². The van der Waals surface area contributed by atoms with Gasteiger partial charge in [-0.3, -0.25) is 9.89 Å². The van der Waals surface area contributed by atoms with E-state index < -0.39 is 0 Å². The third kappa shape index (κ3) is 3.44. The zero-order chi connectivity index (χ0) is 19.8. The Balaban J connectivity index is 1.66. The number of carbonyl (C=O) groups is 1. The lowest BCUT2D eigenvalue weighted by molar-refractivity contribution is -0.118. The van der Waals surface area contributed by atoms with Crippen LogP contribution in [0.3, 0.4) is 0 Å². The fourth-order valence-corrected chi connectivity index (χ4v) is 4.02. The van der Waals surface area contributed by atoms with Crippen molar-refractivity contribution in [3.05, 3.63) is 35.5 Å². The molecule has 148 valence electrons. The van der Waals surface area contributed by atoms with Crippen molar-refractivity contribution in [2.24, 2.45) is 0 Å². The summed E-state index contributed by atoms with van der Waals surface area (Å²) in [5, 5.41) is 8.93. The molecule has 1 amide bonds. The zero-order valence-corrected chi connectivity index (χ0v) is 17.0. The number of ether oxygens (including phenoxy) is 1. The highest BCUT2D eigenvalue weighted by Gasteiger charge is 2.26. The molecule has 6 heteroatoms. The van der Waals surface area contributed by atoms with Gasteiger partial charge in [-0.05, 0) is 44.9 Å². The lowest BCUT2D eigenvalue weighted by atomic mass is 9.92. The number of H-pyrrole nitrogens is 2. The number of benzene rings is 1. The van der Waals surface area contributed by atoms with Gasteiger partial charge in [-0.1, -0.05) is 13.0 Å². The predicted molar refractivity (Wildman–Crippen MR) is 112 cm³/mol. The molecule has 0 radical (unpaired) electrons. The van der Waals surface area contributed by atoms with Crippen LogP contribution in [0.2, 0.25) is 0 Å². The second kappa shape index (κ2) is 7.43. The number of aryl methyl sites for hydroxylation is 1. The first-order chi connectivity index (χ1) is 13.5. The van der Waals surface area contributed by atoms with Crippen molar-refractivity contribution in [2.75, 3.05) is 11.9 Å². The van der Waals surface area contributed by atoms with E-state index in [2.05, 4.69) is 35.1 Å². The molecule has 0 fully saturated rings. The number of fused-ring (bicyclic) bond motifs is 2. The van der Waals surface area contributed by atoms with Crippen LogP contribution in [0.25, 0.3) is 22.3 Å². The predicted octanol–water partition coefficient (Wildman–Crippen LogP) is 4.21. The van der Waals surface area contributed by atoms with E-state index in [1.165, 1.54) is 11.3 Å². The number of carbonyl (C=O) groups excluding carboxylic acids is 1. The maximum atomic E-state index is 12.0. The Hall–Kier alpha value is -2.60. The van der Waals surface area contributed by atoms with Crippen LogP contribution in [0.1, 0.15) is 44.9 Å². The van der Waals surface area contributed by atoms with Crippen LogP contribution in [-0.2, 0) is 22.4 Å². The SMILES string of the molecule is CCC(=O)N(C)c1ccc2cc(-c3n[nH]c4c3CC(OC(C)C)CC4)[nH]c2c1. The quantitative estimate of drug-likeness (QED) is 0.696. The van der Waals surface area contributed by atoms with Gasteiger partial charge >= 0.3 is 0 Å². The minimum atomic E-state index is 0.101. The van der Waals surface area contributed by atoms with E-state index in [0.717, 1.165) is 47.2 Å². The Morgan fingerprint density at radius 3 is 2.93 bits per heavy atom. The number of hydrogen-bond donors (Lipinski definition) is 2. The lowest BCUT2D eigenvalue weighted by Gasteiger charge is -2.24. The van der Waals surface area contributed by atoms with Gasteiger partial charge in [0.05, 0.1) is 17.9 Å². The number of amides is 1. The second-order valence-corrected chi connectivity index (χ2v) is 7.84. The molecule has 0 saturated heterocycles. The van der Waals surface area contributed by atoms with Gasteiger partial charge in [-0.15, -0.1) is 0 Å². The summed E-state index contributed by atoms with van der Waals surface area (Å²) >= 11 is 0. The topological polar surface area (TPSA) is 74.0 Å². The largest absolute Gasteiger partial charge is 0.375 e. The van der Waals surface area contributed by atoms with Crippen molar-refractivity contribution >= 4 is 22.5 Å². The molecule has 6 nitrogen and oxygen atoms in total. The molecule has 0 bridgehead atoms. The maximum absolute atomic E-state index is 12.0. The Morgan fingerprint density at radius 2 is 2.18 bits per heavy atom. The van der Waals surface area contributed by atoms with Crippen molar-refractivity contribution in [2.45, 2.75) is 58.7 Å². The Labute approximate surface area is 165 Å². The third-order valence-corrected chi connectivity index (χ3v) is 5.49. The first-order valence-electron chi connectivity index (χ1n) is 10.1. The zero-order valence-electron chi connectivity index (χ0n) is 17.0. The molecule has 2 aromatic heterocycles. The molecule has 0 spiro atoms. The first-order valence-corrected chi connectivity index (χ1v) is 10.1. The normalized spacial score (nSPS) is 16.5. The van der Waals surface area contributed by atoms with Gasteiger partial charge in [0.15, 0.2) is 0 Å². The van der Waals surface area contributed by atoms with Crippen molar-refractivity contribution in [1.82, 2.24) is 15.2 Å². The number of anilines is 1. The minimum Gasteiger partial charge on any atom is -0.375 e. The highest BCUT2D eigenvalue weighted by atomic mass is 16.5. The van der Waals surface area contributed by atoms with E-state index in [1.807, 2.05) is 32.2 Å². The summed E-state index contributed by atoms with van der Waals surface area (Å²) < 4.78 is 6.05. The number of nitrogens with one attached hydrogen (secondary N) is 2. The molecule has 2 heterocycles. The number of aromatic amines is 2. The van der Waals surface area contributed by atoms with Crippen LogP contribution in [0, 0.1) is 0 Å². The molecule has 1 aliphatic rings. The Bertz CT molecular complexity index is 1000. The molecular weight excluding hydrogens is 352 g/mol. The number of nitrogens with zero attached hydrogens (tertiary/aromatic N) is 2. The molecule has 2 N–H and O–H groups in total. The summed E-state index contributed by atoms with van der Waals surface area (Å²) in [6.45, 7) is 6.05. The summed E-state index contributed by atoms with van der Waals surface area (Å²) in [7, 11) is 1.82. The Kier molecular flexibility index (Phi) is 4.98. The molecule has 28 heavy (non-hydrogen) atoms. The Morgan fingerprint density at radius 1 is 1.36 bits per heavy atom. The summed E-state index contributed by atoms with van der Waals surface area (Å²) in [5.74, 6) is 0.101. The molecule has 1 aromatic carbocycles. The molecule has 0 saturated carbocycles. The van der Waals surface area contributed by atoms with Crippen LogP contribution in [0.15, 0.2) is 24.3 Å². The van der Waals surface area contributed by atoms with Crippen LogP contribution < -0.4 is 4.90 Å². The van der Waals surface area contributed by atoms with E-state index in [4.69, 9.17) is 4.74 Å². The highest BCUT2D eigenvalue weighted by molar-refractivity contribution is 5.96. The highest BCUT2D eigenvalue weighted by Crippen LogP contribution is 2.33. The van der Waals surface area contributed by atoms with E-state index >= 15 is 0 Å². The summed E-state index contributed by atoms with van der Waals surface area (Å²) in [4.78, 5) is 17.2. The van der Waals surface area contributed by atoms with Gasteiger partial charge in [0.2, 0.25) is 5.91 Å². The fourth-order valence-electron chi connectivity index (χ4n) is 4.02. The molecule has 4 rings (SSSR count). The van der Waals surface area contributed by atoms with Crippen molar-refractivity contribution in [1.29, 1.82) is 0 Å².